The summed E-state index contributed by atoms with van der Waals surface area (Å²) in [6, 6.07) is 10.5. The van der Waals surface area contributed by atoms with Crippen LogP contribution in [-0.4, -0.2) is 40.9 Å². The zero-order valence-corrected chi connectivity index (χ0v) is 16.2. The predicted molar refractivity (Wildman–Crippen MR) is 108 cm³/mol. The average molecular weight is 391 g/mol. The number of carbonyl (C=O) groups excluding carboxylic acids is 1. The number of methoxy groups -OCH3 is 1. The highest BCUT2D eigenvalue weighted by Crippen LogP contribution is 2.21. The lowest BCUT2D eigenvalue weighted by Gasteiger charge is -2.06. The molecule has 0 radical (unpaired) electrons. The number of pyridine rings is 1. The lowest BCUT2D eigenvalue weighted by molar-refractivity contribution is 0.0948. The van der Waals surface area contributed by atoms with Gasteiger partial charge in [-0.1, -0.05) is 6.07 Å². The summed E-state index contributed by atoms with van der Waals surface area (Å²) < 4.78 is 6.26. The van der Waals surface area contributed by atoms with Crippen LogP contribution >= 0.6 is 0 Å². The van der Waals surface area contributed by atoms with E-state index in [1.54, 1.807) is 43.6 Å². The maximum absolute atomic E-state index is 12.8. The quantitative estimate of drug-likeness (QED) is 0.600. The van der Waals surface area contributed by atoms with Crippen LogP contribution < -0.4 is 10.9 Å². The standard InChI is InChI=1S/C21H21N5O3/c1-14-10-15(11-22)4-6-17(14)18-13-25-26(21(18)28)19-7-5-16(12-24-19)20(27)23-8-3-9-29-2/h4-7,10,12-13,25H,3,8-9H2,1-2H3,(H,23,27). The number of nitriles is 1. The summed E-state index contributed by atoms with van der Waals surface area (Å²) >= 11 is 0. The Morgan fingerprint density at radius 3 is 2.79 bits per heavy atom. The van der Waals surface area contributed by atoms with Gasteiger partial charge in [0, 0.05) is 32.7 Å². The predicted octanol–water partition coefficient (Wildman–Crippen LogP) is 2.17. The molecule has 1 aromatic carbocycles. The first-order chi connectivity index (χ1) is 14.0. The van der Waals surface area contributed by atoms with Crippen LogP contribution in [0.4, 0.5) is 0 Å². The summed E-state index contributed by atoms with van der Waals surface area (Å²) in [5.74, 6) is 0.149. The van der Waals surface area contributed by atoms with E-state index in [2.05, 4.69) is 21.5 Å². The number of amides is 1. The Kier molecular flexibility index (Phi) is 6.22. The van der Waals surface area contributed by atoms with Crippen molar-refractivity contribution in [2.45, 2.75) is 13.3 Å². The number of hydrogen-bond donors (Lipinski definition) is 2. The van der Waals surface area contributed by atoms with Gasteiger partial charge in [-0.05, 0) is 48.7 Å². The Balaban J connectivity index is 1.80. The van der Waals surface area contributed by atoms with E-state index >= 15 is 0 Å². The van der Waals surface area contributed by atoms with E-state index in [1.165, 1.54) is 10.9 Å². The van der Waals surface area contributed by atoms with Crippen molar-refractivity contribution in [1.29, 1.82) is 5.26 Å². The average Bonchev–Trinajstić information content (AvgIpc) is 3.12. The molecule has 148 valence electrons. The largest absolute Gasteiger partial charge is 0.385 e. The molecule has 1 amide bonds. The van der Waals surface area contributed by atoms with Gasteiger partial charge in [-0.25, -0.2) is 9.67 Å². The zero-order valence-electron chi connectivity index (χ0n) is 16.2. The van der Waals surface area contributed by atoms with Crippen LogP contribution in [0, 0.1) is 18.3 Å². The number of rotatable bonds is 7. The van der Waals surface area contributed by atoms with Crippen LogP contribution in [0.3, 0.4) is 0 Å². The lowest BCUT2D eigenvalue weighted by Crippen LogP contribution is -2.25. The van der Waals surface area contributed by atoms with Gasteiger partial charge < -0.3 is 10.1 Å². The Bertz CT molecular complexity index is 1110. The minimum atomic E-state index is -0.262. The molecule has 0 atom stereocenters. The van der Waals surface area contributed by atoms with Gasteiger partial charge in [0.15, 0.2) is 5.82 Å². The van der Waals surface area contributed by atoms with Crippen molar-refractivity contribution in [2.24, 2.45) is 0 Å². The number of nitrogens with zero attached hydrogens (tertiary/aromatic N) is 3. The fourth-order valence-corrected chi connectivity index (χ4v) is 2.94. The molecule has 0 saturated heterocycles. The maximum Gasteiger partial charge on any atom is 0.280 e. The Morgan fingerprint density at radius 2 is 2.14 bits per heavy atom. The van der Waals surface area contributed by atoms with Crippen molar-refractivity contribution >= 4 is 5.91 Å². The van der Waals surface area contributed by atoms with Gasteiger partial charge >= 0.3 is 0 Å². The highest BCUT2D eigenvalue weighted by atomic mass is 16.5. The molecule has 0 aliphatic rings. The van der Waals surface area contributed by atoms with Crippen LogP contribution in [0.15, 0.2) is 47.5 Å². The normalized spacial score (nSPS) is 10.5. The summed E-state index contributed by atoms with van der Waals surface area (Å²) in [5, 5.41) is 14.7. The fourth-order valence-electron chi connectivity index (χ4n) is 2.94. The number of nitrogens with one attached hydrogen (secondary N) is 2. The summed E-state index contributed by atoms with van der Waals surface area (Å²) in [5.41, 5.74) is 2.75. The monoisotopic (exact) mass is 391 g/mol. The van der Waals surface area contributed by atoms with E-state index < -0.39 is 0 Å². The molecular formula is C21H21N5O3. The number of carbonyl (C=O) groups is 1. The molecule has 0 fully saturated rings. The fraction of sp³-hybridized carbons (Fsp3) is 0.238. The molecule has 29 heavy (non-hydrogen) atoms. The molecule has 2 heterocycles. The van der Waals surface area contributed by atoms with E-state index in [0.717, 1.165) is 17.5 Å². The van der Waals surface area contributed by atoms with Gasteiger partial charge in [0.05, 0.1) is 22.8 Å². The van der Waals surface area contributed by atoms with Crippen molar-refractivity contribution in [2.75, 3.05) is 20.3 Å². The molecule has 0 aliphatic carbocycles. The molecule has 2 N–H and O–H groups in total. The van der Waals surface area contributed by atoms with Gasteiger partial charge in [-0.2, -0.15) is 5.26 Å². The second kappa shape index (κ2) is 8.99. The van der Waals surface area contributed by atoms with Crippen LogP contribution in [0.5, 0.6) is 0 Å². The Labute approximate surface area is 167 Å². The van der Waals surface area contributed by atoms with Gasteiger partial charge in [0.2, 0.25) is 0 Å². The highest BCUT2D eigenvalue weighted by molar-refractivity contribution is 5.93. The molecule has 0 spiro atoms. The number of aromatic amines is 1. The third-order valence-corrected chi connectivity index (χ3v) is 4.47. The summed E-state index contributed by atoms with van der Waals surface area (Å²) in [4.78, 5) is 29.2. The van der Waals surface area contributed by atoms with Crippen molar-refractivity contribution < 1.29 is 9.53 Å². The number of benzene rings is 1. The molecule has 0 saturated carbocycles. The van der Waals surface area contributed by atoms with Crippen molar-refractivity contribution in [1.82, 2.24) is 20.1 Å². The van der Waals surface area contributed by atoms with Gasteiger partial charge in [-0.3, -0.25) is 14.7 Å². The second-order valence-corrected chi connectivity index (χ2v) is 6.48. The van der Waals surface area contributed by atoms with Gasteiger partial charge in [0.1, 0.15) is 0 Å². The van der Waals surface area contributed by atoms with Crippen molar-refractivity contribution in [3.05, 3.63) is 69.8 Å². The third-order valence-electron chi connectivity index (χ3n) is 4.47. The topological polar surface area (TPSA) is 113 Å². The van der Waals surface area contributed by atoms with E-state index in [-0.39, 0.29) is 11.5 Å². The van der Waals surface area contributed by atoms with Crippen LogP contribution in [0.1, 0.15) is 27.9 Å². The molecule has 0 unspecified atom stereocenters. The van der Waals surface area contributed by atoms with E-state index in [9.17, 15) is 9.59 Å². The molecule has 8 nitrogen and oxygen atoms in total. The number of ether oxygens (including phenoxy) is 1. The zero-order chi connectivity index (χ0) is 20.8. The molecule has 3 rings (SSSR count). The minimum Gasteiger partial charge on any atom is -0.385 e. The van der Waals surface area contributed by atoms with Crippen LogP contribution in [-0.2, 0) is 4.74 Å². The Morgan fingerprint density at radius 1 is 1.31 bits per heavy atom. The molecular weight excluding hydrogens is 370 g/mol. The molecule has 2 aromatic heterocycles. The smallest absolute Gasteiger partial charge is 0.280 e. The molecule has 0 bridgehead atoms. The number of aromatic nitrogens is 3. The maximum atomic E-state index is 12.8. The van der Waals surface area contributed by atoms with E-state index in [4.69, 9.17) is 10.00 Å². The van der Waals surface area contributed by atoms with Gasteiger partial charge in [0.25, 0.3) is 11.5 Å². The number of aryl methyl sites for hydroxylation is 1. The first-order valence-corrected chi connectivity index (χ1v) is 9.10. The number of H-pyrrole nitrogens is 1. The minimum absolute atomic E-state index is 0.229. The third kappa shape index (κ3) is 4.42. The summed E-state index contributed by atoms with van der Waals surface area (Å²) in [6.45, 7) is 2.94. The van der Waals surface area contributed by atoms with E-state index in [1.807, 2.05) is 6.92 Å². The van der Waals surface area contributed by atoms with Crippen molar-refractivity contribution in [3.8, 4) is 23.0 Å². The Hall–Kier alpha value is -3.70. The lowest BCUT2D eigenvalue weighted by atomic mass is 10.0. The molecule has 0 aliphatic heterocycles. The molecule has 3 aromatic rings. The SMILES string of the molecule is COCCCNC(=O)c1ccc(-n2[nH]cc(-c3ccc(C#N)cc3C)c2=O)nc1. The van der Waals surface area contributed by atoms with Crippen LogP contribution in [0.2, 0.25) is 0 Å². The molecule has 8 heteroatoms. The van der Waals surface area contributed by atoms with Crippen LogP contribution in [0.25, 0.3) is 16.9 Å². The number of hydrogen-bond acceptors (Lipinski definition) is 5. The second-order valence-electron chi connectivity index (χ2n) is 6.48. The van der Waals surface area contributed by atoms with E-state index in [0.29, 0.717) is 35.7 Å². The van der Waals surface area contributed by atoms with Crippen molar-refractivity contribution in [3.63, 3.8) is 0 Å². The first kappa shape index (κ1) is 20.0. The summed E-state index contributed by atoms with van der Waals surface area (Å²) in [6.07, 6.45) is 3.76. The first-order valence-electron chi connectivity index (χ1n) is 9.10. The summed E-state index contributed by atoms with van der Waals surface area (Å²) in [7, 11) is 1.61. The highest BCUT2D eigenvalue weighted by Gasteiger charge is 2.14. The van der Waals surface area contributed by atoms with Gasteiger partial charge in [-0.15, -0.1) is 0 Å².